The summed E-state index contributed by atoms with van der Waals surface area (Å²) in [5.41, 5.74) is -0.340. The monoisotopic (exact) mass is 283 g/mol. The Kier molecular flexibility index (Phi) is 5.27. The fourth-order valence-electron chi connectivity index (χ4n) is 1.67. The lowest BCUT2D eigenvalue weighted by Gasteiger charge is -2.19. The largest absolute Gasteiger partial charge is 0.496 e. The molecule has 9 heteroatoms. The molecule has 0 saturated carbocycles. The second-order valence-corrected chi connectivity index (χ2v) is 3.52. The summed E-state index contributed by atoms with van der Waals surface area (Å²) in [5, 5.41) is 15.7. The summed E-state index contributed by atoms with van der Waals surface area (Å²) in [4.78, 5) is 31.6. The standard InChI is InChI=1S/C11H13N3O6/c1-19-7-3-8(14(17)18)10(9(4-7)20-2)11(12-5-15)13-6-16/h3-6,11H,1-2H3,(H,12,15)(H,13,16). The molecule has 108 valence electrons. The van der Waals surface area contributed by atoms with Gasteiger partial charge in [0, 0.05) is 6.07 Å². The van der Waals surface area contributed by atoms with Crippen LogP contribution in [-0.4, -0.2) is 32.0 Å². The van der Waals surface area contributed by atoms with E-state index in [0.717, 1.165) is 0 Å². The van der Waals surface area contributed by atoms with Gasteiger partial charge < -0.3 is 20.1 Å². The molecule has 9 nitrogen and oxygen atoms in total. The SMILES string of the molecule is COc1cc(OC)c(C(NC=O)NC=O)c([N+](=O)[O-])c1. The fourth-order valence-corrected chi connectivity index (χ4v) is 1.67. The summed E-state index contributed by atoms with van der Waals surface area (Å²) in [6, 6.07) is 2.58. The summed E-state index contributed by atoms with van der Waals surface area (Å²) < 4.78 is 9.99. The number of benzene rings is 1. The molecule has 0 atom stereocenters. The number of nitrogens with zero attached hydrogens (tertiary/aromatic N) is 1. The number of nitrogens with one attached hydrogen (secondary N) is 2. The van der Waals surface area contributed by atoms with Crippen LogP contribution in [0, 0.1) is 10.1 Å². The van der Waals surface area contributed by atoms with Crippen LogP contribution >= 0.6 is 0 Å². The third kappa shape index (κ3) is 3.13. The smallest absolute Gasteiger partial charge is 0.284 e. The van der Waals surface area contributed by atoms with E-state index in [1.54, 1.807) is 0 Å². The second kappa shape index (κ2) is 6.92. The van der Waals surface area contributed by atoms with E-state index in [4.69, 9.17) is 9.47 Å². The number of carbonyl (C=O) groups is 2. The summed E-state index contributed by atoms with van der Waals surface area (Å²) in [6.45, 7) is 0. The number of hydrogen-bond donors (Lipinski definition) is 2. The molecule has 0 bridgehead atoms. The summed E-state index contributed by atoms with van der Waals surface area (Å²) in [7, 11) is 2.66. The van der Waals surface area contributed by atoms with Gasteiger partial charge in [0.25, 0.3) is 5.69 Å². The van der Waals surface area contributed by atoms with Crippen molar-refractivity contribution in [2.45, 2.75) is 6.17 Å². The van der Waals surface area contributed by atoms with Crippen molar-refractivity contribution in [3.05, 3.63) is 27.8 Å². The predicted molar refractivity (Wildman–Crippen MR) is 67.3 cm³/mol. The average Bonchev–Trinajstić information content (AvgIpc) is 2.45. The Hall–Kier alpha value is -2.84. The Morgan fingerprint density at radius 3 is 2.20 bits per heavy atom. The van der Waals surface area contributed by atoms with Crippen LogP contribution in [0.3, 0.4) is 0 Å². The maximum absolute atomic E-state index is 11.1. The molecular formula is C11H13N3O6. The van der Waals surface area contributed by atoms with Gasteiger partial charge in [-0.3, -0.25) is 19.7 Å². The van der Waals surface area contributed by atoms with Gasteiger partial charge >= 0.3 is 0 Å². The number of nitro groups is 1. The van der Waals surface area contributed by atoms with Crippen molar-refractivity contribution in [2.24, 2.45) is 0 Å². The number of nitro benzene ring substituents is 1. The van der Waals surface area contributed by atoms with E-state index >= 15 is 0 Å². The zero-order valence-electron chi connectivity index (χ0n) is 10.8. The predicted octanol–water partition coefficient (Wildman–Crippen LogP) is 0.103. The molecule has 1 rings (SSSR count). The van der Waals surface area contributed by atoms with Crippen molar-refractivity contribution in [2.75, 3.05) is 14.2 Å². The van der Waals surface area contributed by atoms with Gasteiger partial charge in [0.2, 0.25) is 12.8 Å². The van der Waals surface area contributed by atoms with Crippen LogP contribution in [0.5, 0.6) is 11.5 Å². The highest BCUT2D eigenvalue weighted by Crippen LogP contribution is 2.37. The summed E-state index contributed by atoms with van der Waals surface area (Å²) >= 11 is 0. The van der Waals surface area contributed by atoms with Crippen LogP contribution in [0.1, 0.15) is 11.7 Å². The minimum atomic E-state index is -1.09. The molecule has 0 aliphatic rings. The van der Waals surface area contributed by atoms with E-state index in [1.807, 2.05) is 0 Å². The number of hydrogen-bond acceptors (Lipinski definition) is 6. The Labute approximate surface area is 114 Å². The van der Waals surface area contributed by atoms with Crippen molar-refractivity contribution in [1.29, 1.82) is 0 Å². The number of ether oxygens (including phenoxy) is 2. The first-order chi connectivity index (χ1) is 9.58. The van der Waals surface area contributed by atoms with Gasteiger partial charge in [0.05, 0.1) is 25.2 Å². The van der Waals surface area contributed by atoms with Gasteiger partial charge in [-0.25, -0.2) is 0 Å². The highest BCUT2D eigenvalue weighted by Gasteiger charge is 2.27. The number of methoxy groups -OCH3 is 2. The normalized spacial score (nSPS) is 9.75. The summed E-state index contributed by atoms with van der Waals surface area (Å²) in [6.07, 6.45) is -0.463. The molecule has 0 spiro atoms. The highest BCUT2D eigenvalue weighted by molar-refractivity contribution is 5.61. The quantitative estimate of drug-likeness (QED) is 0.302. The van der Waals surface area contributed by atoms with Crippen molar-refractivity contribution < 1.29 is 24.0 Å². The van der Waals surface area contributed by atoms with Gasteiger partial charge in [-0.05, 0) is 0 Å². The van der Waals surface area contributed by atoms with Crippen molar-refractivity contribution in [3.63, 3.8) is 0 Å². The van der Waals surface area contributed by atoms with E-state index in [2.05, 4.69) is 10.6 Å². The molecule has 1 aromatic carbocycles. The Morgan fingerprint density at radius 1 is 1.20 bits per heavy atom. The molecule has 20 heavy (non-hydrogen) atoms. The molecule has 0 aliphatic carbocycles. The molecule has 0 aliphatic heterocycles. The van der Waals surface area contributed by atoms with Crippen LogP contribution in [0.4, 0.5) is 5.69 Å². The van der Waals surface area contributed by atoms with E-state index < -0.39 is 11.1 Å². The molecule has 0 radical (unpaired) electrons. The van der Waals surface area contributed by atoms with E-state index in [-0.39, 0.29) is 22.7 Å². The molecule has 0 fully saturated rings. The lowest BCUT2D eigenvalue weighted by Crippen LogP contribution is -2.33. The Morgan fingerprint density at radius 2 is 1.80 bits per heavy atom. The Bertz CT molecular complexity index is 509. The van der Waals surface area contributed by atoms with Crippen molar-refractivity contribution in [3.8, 4) is 11.5 Å². The van der Waals surface area contributed by atoms with Gasteiger partial charge in [-0.1, -0.05) is 0 Å². The average molecular weight is 283 g/mol. The van der Waals surface area contributed by atoms with Gasteiger partial charge in [-0.15, -0.1) is 0 Å². The third-order valence-electron chi connectivity index (χ3n) is 2.50. The maximum atomic E-state index is 11.1. The second-order valence-electron chi connectivity index (χ2n) is 3.52. The van der Waals surface area contributed by atoms with Crippen LogP contribution < -0.4 is 20.1 Å². The number of rotatable bonds is 8. The molecule has 2 N–H and O–H groups in total. The topological polar surface area (TPSA) is 120 Å². The molecule has 0 unspecified atom stereocenters. The fraction of sp³-hybridized carbons (Fsp3) is 0.273. The van der Waals surface area contributed by atoms with Crippen LogP contribution in [-0.2, 0) is 9.59 Å². The number of amides is 2. The summed E-state index contributed by atoms with van der Waals surface area (Å²) in [5.74, 6) is 0.318. The van der Waals surface area contributed by atoms with E-state index in [1.165, 1.54) is 26.4 Å². The highest BCUT2D eigenvalue weighted by atomic mass is 16.6. The first-order valence-electron chi connectivity index (χ1n) is 5.38. The van der Waals surface area contributed by atoms with Crippen LogP contribution in [0.25, 0.3) is 0 Å². The van der Waals surface area contributed by atoms with E-state index in [0.29, 0.717) is 12.8 Å². The van der Waals surface area contributed by atoms with Crippen LogP contribution in [0.2, 0.25) is 0 Å². The molecular weight excluding hydrogens is 270 g/mol. The van der Waals surface area contributed by atoms with Crippen molar-refractivity contribution >= 4 is 18.5 Å². The first kappa shape index (κ1) is 15.2. The number of carbonyl (C=O) groups excluding carboxylic acids is 2. The zero-order valence-corrected chi connectivity index (χ0v) is 10.8. The molecule has 1 aromatic rings. The minimum Gasteiger partial charge on any atom is -0.496 e. The maximum Gasteiger partial charge on any atom is 0.284 e. The molecule has 0 aromatic heterocycles. The molecule has 0 heterocycles. The van der Waals surface area contributed by atoms with Gasteiger partial charge in [0.15, 0.2) is 0 Å². The van der Waals surface area contributed by atoms with Crippen molar-refractivity contribution in [1.82, 2.24) is 10.6 Å². The molecule has 0 saturated heterocycles. The van der Waals surface area contributed by atoms with Gasteiger partial charge in [-0.2, -0.15) is 0 Å². The zero-order chi connectivity index (χ0) is 15.1. The lowest BCUT2D eigenvalue weighted by atomic mass is 10.1. The van der Waals surface area contributed by atoms with Crippen LogP contribution in [0.15, 0.2) is 12.1 Å². The van der Waals surface area contributed by atoms with Gasteiger partial charge in [0.1, 0.15) is 23.2 Å². The Balaban J connectivity index is 3.49. The van der Waals surface area contributed by atoms with E-state index in [9.17, 15) is 19.7 Å². The third-order valence-corrected chi connectivity index (χ3v) is 2.50. The minimum absolute atomic E-state index is 0.0116. The lowest BCUT2D eigenvalue weighted by molar-refractivity contribution is -0.385. The first-order valence-corrected chi connectivity index (χ1v) is 5.38. The molecule has 2 amide bonds.